The molecule has 1 fully saturated rings. The summed E-state index contributed by atoms with van der Waals surface area (Å²) >= 11 is 0. The SMILES string of the molecule is CCCCOC(=O)CNC(C)C1CCC1. The molecule has 88 valence electrons. The lowest BCUT2D eigenvalue weighted by atomic mass is 9.80. The molecule has 0 heterocycles. The van der Waals surface area contributed by atoms with E-state index in [1.807, 2.05) is 0 Å². The van der Waals surface area contributed by atoms with Crippen molar-refractivity contribution in [3.63, 3.8) is 0 Å². The van der Waals surface area contributed by atoms with Crippen LogP contribution in [0.25, 0.3) is 0 Å². The molecule has 0 bridgehead atoms. The third kappa shape index (κ3) is 4.65. The Morgan fingerprint density at radius 3 is 2.80 bits per heavy atom. The molecule has 1 N–H and O–H groups in total. The predicted molar refractivity (Wildman–Crippen MR) is 60.7 cm³/mol. The fourth-order valence-electron chi connectivity index (χ4n) is 1.73. The van der Waals surface area contributed by atoms with Gasteiger partial charge in [-0.15, -0.1) is 0 Å². The van der Waals surface area contributed by atoms with Crippen molar-refractivity contribution in [2.75, 3.05) is 13.2 Å². The van der Waals surface area contributed by atoms with Crippen LogP contribution in [0.15, 0.2) is 0 Å². The molecule has 1 saturated carbocycles. The highest BCUT2D eigenvalue weighted by atomic mass is 16.5. The highest BCUT2D eigenvalue weighted by Crippen LogP contribution is 2.29. The summed E-state index contributed by atoms with van der Waals surface area (Å²) in [6, 6.07) is 0.456. The molecule has 0 aromatic carbocycles. The van der Waals surface area contributed by atoms with E-state index < -0.39 is 0 Å². The third-order valence-electron chi connectivity index (χ3n) is 3.19. The Morgan fingerprint density at radius 2 is 2.27 bits per heavy atom. The van der Waals surface area contributed by atoms with Gasteiger partial charge in [-0.1, -0.05) is 19.8 Å². The second kappa shape index (κ2) is 6.83. The number of hydrogen-bond donors (Lipinski definition) is 1. The van der Waals surface area contributed by atoms with Crippen molar-refractivity contribution < 1.29 is 9.53 Å². The molecule has 1 aliphatic rings. The molecular weight excluding hydrogens is 190 g/mol. The number of ether oxygens (including phenoxy) is 1. The molecule has 3 nitrogen and oxygen atoms in total. The van der Waals surface area contributed by atoms with Crippen molar-refractivity contribution in [3.05, 3.63) is 0 Å². The normalized spacial score (nSPS) is 18.3. The molecule has 1 aliphatic carbocycles. The van der Waals surface area contributed by atoms with E-state index in [-0.39, 0.29) is 5.97 Å². The van der Waals surface area contributed by atoms with Crippen LogP contribution in [0.2, 0.25) is 0 Å². The van der Waals surface area contributed by atoms with Gasteiger partial charge in [-0.25, -0.2) is 0 Å². The summed E-state index contributed by atoms with van der Waals surface area (Å²) in [6.45, 7) is 5.17. The van der Waals surface area contributed by atoms with Crippen molar-refractivity contribution in [2.45, 2.75) is 52.0 Å². The lowest BCUT2D eigenvalue weighted by Gasteiger charge is -2.31. The van der Waals surface area contributed by atoms with Gasteiger partial charge in [0, 0.05) is 6.04 Å². The topological polar surface area (TPSA) is 38.3 Å². The van der Waals surface area contributed by atoms with Crippen LogP contribution in [0, 0.1) is 5.92 Å². The summed E-state index contributed by atoms with van der Waals surface area (Å²) < 4.78 is 5.06. The first-order valence-corrected chi connectivity index (χ1v) is 6.13. The van der Waals surface area contributed by atoms with Crippen LogP contribution < -0.4 is 5.32 Å². The Bertz CT molecular complexity index is 190. The Morgan fingerprint density at radius 1 is 1.53 bits per heavy atom. The minimum Gasteiger partial charge on any atom is -0.465 e. The summed E-state index contributed by atoms with van der Waals surface area (Å²) in [7, 11) is 0. The van der Waals surface area contributed by atoms with Crippen LogP contribution in [0.3, 0.4) is 0 Å². The van der Waals surface area contributed by atoms with E-state index in [1.165, 1.54) is 19.3 Å². The van der Waals surface area contributed by atoms with E-state index >= 15 is 0 Å². The van der Waals surface area contributed by atoms with Gasteiger partial charge >= 0.3 is 5.97 Å². The van der Waals surface area contributed by atoms with Gasteiger partial charge in [0.25, 0.3) is 0 Å². The fourth-order valence-corrected chi connectivity index (χ4v) is 1.73. The monoisotopic (exact) mass is 213 g/mol. The standard InChI is InChI=1S/C12H23NO2/c1-3-4-8-15-12(14)9-13-10(2)11-6-5-7-11/h10-11,13H,3-9H2,1-2H3. The van der Waals surface area contributed by atoms with Gasteiger partial charge in [-0.3, -0.25) is 4.79 Å². The molecule has 0 aromatic heterocycles. The van der Waals surface area contributed by atoms with Crippen molar-refractivity contribution >= 4 is 5.97 Å². The summed E-state index contributed by atoms with van der Waals surface area (Å²) in [5, 5.41) is 3.24. The first kappa shape index (κ1) is 12.5. The minimum absolute atomic E-state index is 0.116. The second-order valence-electron chi connectivity index (χ2n) is 4.43. The first-order chi connectivity index (χ1) is 7.24. The van der Waals surface area contributed by atoms with Crippen LogP contribution in [-0.2, 0) is 9.53 Å². The third-order valence-corrected chi connectivity index (χ3v) is 3.19. The summed E-state index contributed by atoms with van der Waals surface area (Å²) in [6.07, 6.45) is 5.98. The largest absolute Gasteiger partial charge is 0.465 e. The zero-order valence-electron chi connectivity index (χ0n) is 9.92. The van der Waals surface area contributed by atoms with E-state index in [4.69, 9.17) is 4.74 Å². The number of hydrogen-bond acceptors (Lipinski definition) is 3. The molecule has 15 heavy (non-hydrogen) atoms. The number of carbonyl (C=O) groups is 1. The zero-order valence-corrected chi connectivity index (χ0v) is 9.92. The molecule has 3 heteroatoms. The second-order valence-corrected chi connectivity index (χ2v) is 4.43. The number of esters is 1. The van der Waals surface area contributed by atoms with Gasteiger partial charge in [0.1, 0.15) is 0 Å². The lowest BCUT2D eigenvalue weighted by Crippen LogP contribution is -2.40. The first-order valence-electron chi connectivity index (χ1n) is 6.13. The summed E-state index contributed by atoms with van der Waals surface area (Å²) in [5.74, 6) is 0.656. The maximum absolute atomic E-state index is 11.3. The van der Waals surface area contributed by atoms with Gasteiger partial charge in [0.05, 0.1) is 13.2 Å². The summed E-state index contributed by atoms with van der Waals surface area (Å²) in [4.78, 5) is 11.3. The number of unbranched alkanes of at least 4 members (excludes halogenated alkanes) is 1. The van der Waals surface area contributed by atoms with Crippen LogP contribution in [0.1, 0.15) is 46.0 Å². The molecule has 0 spiro atoms. The average molecular weight is 213 g/mol. The van der Waals surface area contributed by atoms with Crippen LogP contribution in [0.5, 0.6) is 0 Å². The number of nitrogens with one attached hydrogen (secondary N) is 1. The molecule has 0 radical (unpaired) electrons. The molecular formula is C12H23NO2. The highest BCUT2D eigenvalue weighted by Gasteiger charge is 2.23. The van der Waals surface area contributed by atoms with Crippen molar-refractivity contribution in [2.24, 2.45) is 5.92 Å². The highest BCUT2D eigenvalue weighted by molar-refractivity contribution is 5.71. The van der Waals surface area contributed by atoms with Crippen LogP contribution in [-0.4, -0.2) is 25.2 Å². The molecule has 0 saturated heterocycles. The minimum atomic E-state index is -0.116. The van der Waals surface area contributed by atoms with Crippen LogP contribution in [0.4, 0.5) is 0 Å². The zero-order chi connectivity index (χ0) is 11.1. The predicted octanol–water partition coefficient (Wildman–Crippen LogP) is 2.11. The van der Waals surface area contributed by atoms with Gasteiger partial charge in [0.2, 0.25) is 0 Å². The van der Waals surface area contributed by atoms with Gasteiger partial charge < -0.3 is 10.1 Å². The van der Waals surface area contributed by atoms with Crippen molar-refractivity contribution in [1.82, 2.24) is 5.32 Å². The molecule has 1 unspecified atom stereocenters. The maximum atomic E-state index is 11.3. The Hall–Kier alpha value is -0.570. The van der Waals surface area contributed by atoms with E-state index in [2.05, 4.69) is 19.2 Å². The quantitative estimate of drug-likeness (QED) is 0.520. The number of carbonyl (C=O) groups excluding carboxylic acids is 1. The van der Waals surface area contributed by atoms with E-state index in [1.54, 1.807) is 0 Å². The van der Waals surface area contributed by atoms with Crippen LogP contribution >= 0.6 is 0 Å². The number of rotatable bonds is 7. The molecule has 1 atom stereocenters. The molecule has 0 aliphatic heterocycles. The average Bonchev–Trinajstić information content (AvgIpc) is 2.12. The molecule has 0 amide bonds. The Labute approximate surface area is 92.6 Å². The Kier molecular flexibility index (Phi) is 5.69. The van der Waals surface area contributed by atoms with Crippen molar-refractivity contribution in [3.8, 4) is 0 Å². The van der Waals surface area contributed by atoms with Gasteiger partial charge in [0.15, 0.2) is 0 Å². The molecule has 0 aromatic rings. The maximum Gasteiger partial charge on any atom is 0.319 e. The molecule has 1 rings (SSSR count). The van der Waals surface area contributed by atoms with Gasteiger partial charge in [-0.2, -0.15) is 0 Å². The van der Waals surface area contributed by atoms with E-state index in [9.17, 15) is 4.79 Å². The lowest BCUT2D eigenvalue weighted by molar-refractivity contribution is -0.142. The Balaban J connectivity index is 2.00. The fraction of sp³-hybridized carbons (Fsp3) is 0.917. The smallest absolute Gasteiger partial charge is 0.319 e. The van der Waals surface area contributed by atoms with Gasteiger partial charge in [-0.05, 0) is 32.1 Å². The van der Waals surface area contributed by atoms with Crippen molar-refractivity contribution in [1.29, 1.82) is 0 Å². The summed E-state index contributed by atoms with van der Waals surface area (Å²) in [5.41, 5.74) is 0. The van der Waals surface area contributed by atoms with E-state index in [0.29, 0.717) is 19.2 Å². The van der Waals surface area contributed by atoms with E-state index in [0.717, 1.165) is 18.8 Å².